The predicted molar refractivity (Wildman–Crippen MR) is 102 cm³/mol. The third-order valence-corrected chi connectivity index (χ3v) is 5.62. The highest BCUT2D eigenvalue weighted by molar-refractivity contribution is 6.35. The van der Waals surface area contributed by atoms with E-state index in [4.69, 9.17) is 30.5 Å². The maximum absolute atomic E-state index is 13.0. The fourth-order valence-electron chi connectivity index (χ4n) is 3.73. The molecule has 0 saturated carbocycles. The van der Waals surface area contributed by atoms with E-state index in [0.717, 1.165) is 0 Å². The minimum atomic E-state index is -0.750. The van der Waals surface area contributed by atoms with Gasteiger partial charge in [0, 0.05) is 19.1 Å². The molecule has 2 aliphatic heterocycles. The van der Waals surface area contributed by atoms with Crippen molar-refractivity contribution in [2.24, 2.45) is 0 Å². The van der Waals surface area contributed by atoms with E-state index in [1.807, 2.05) is 0 Å². The molecule has 2 saturated heterocycles. The van der Waals surface area contributed by atoms with E-state index in [0.29, 0.717) is 43.0 Å². The van der Waals surface area contributed by atoms with Gasteiger partial charge in [0.25, 0.3) is 5.91 Å². The first-order valence-corrected chi connectivity index (χ1v) is 9.53. The van der Waals surface area contributed by atoms with Gasteiger partial charge in [-0.15, -0.1) is 0 Å². The predicted octanol–water partition coefficient (Wildman–Crippen LogP) is 1.96. The van der Waals surface area contributed by atoms with Crippen LogP contribution >= 0.6 is 11.6 Å². The Bertz CT molecular complexity index is 808. The molecule has 0 radical (unpaired) electrons. The van der Waals surface area contributed by atoms with Gasteiger partial charge >= 0.3 is 12.1 Å². The molecule has 2 heterocycles. The zero-order valence-corrected chi connectivity index (χ0v) is 17.2. The van der Waals surface area contributed by atoms with Gasteiger partial charge in [-0.2, -0.15) is 0 Å². The summed E-state index contributed by atoms with van der Waals surface area (Å²) in [5, 5.41) is 0.188. The summed E-state index contributed by atoms with van der Waals surface area (Å²) in [5.74, 6) is -0.000763. The number of piperidine rings is 1. The second kappa shape index (κ2) is 8.77. The first-order valence-electron chi connectivity index (χ1n) is 9.15. The number of halogens is 1. The molecule has 2 fully saturated rings. The van der Waals surface area contributed by atoms with E-state index in [9.17, 15) is 14.4 Å². The number of methoxy groups -OCH3 is 3. The van der Waals surface area contributed by atoms with Crippen LogP contribution in [0.5, 0.6) is 11.5 Å². The molecule has 1 aromatic carbocycles. The van der Waals surface area contributed by atoms with Crippen LogP contribution in [0.1, 0.15) is 23.2 Å². The fraction of sp³-hybridized carbons (Fsp3) is 0.526. The molecule has 0 aromatic heterocycles. The summed E-state index contributed by atoms with van der Waals surface area (Å²) in [6.07, 6.45) is 0.492. The molecule has 0 aliphatic carbocycles. The van der Waals surface area contributed by atoms with Crippen molar-refractivity contribution in [2.75, 3.05) is 41.0 Å². The van der Waals surface area contributed by atoms with Crippen molar-refractivity contribution in [1.29, 1.82) is 0 Å². The summed E-state index contributed by atoms with van der Waals surface area (Å²) in [6, 6.07) is 2.27. The molecule has 0 bridgehead atoms. The number of esters is 1. The van der Waals surface area contributed by atoms with Gasteiger partial charge in [0.15, 0.2) is 17.5 Å². The number of hydrogen-bond donors (Lipinski definition) is 0. The Hall–Kier alpha value is -2.68. The molecule has 0 spiro atoms. The molecule has 10 heteroatoms. The highest BCUT2D eigenvalue weighted by atomic mass is 35.5. The lowest BCUT2D eigenvalue weighted by atomic mass is 10.0. The average molecular weight is 427 g/mol. The topological polar surface area (TPSA) is 94.6 Å². The fourth-order valence-corrected chi connectivity index (χ4v) is 4.04. The Morgan fingerprint density at radius 2 is 1.83 bits per heavy atom. The highest BCUT2D eigenvalue weighted by Gasteiger charge is 2.44. The second-order valence-electron chi connectivity index (χ2n) is 6.71. The van der Waals surface area contributed by atoms with Crippen molar-refractivity contribution in [1.82, 2.24) is 9.80 Å². The summed E-state index contributed by atoms with van der Waals surface area (Å²) in [7, 11) is 4.22. The van der Waals surface area contributed by atoms with Crippen molar-refractivity contribution in [2.45, 2.75) is 24.9 Å². The van der Waals surface area contributed by atoms with Crippen molar-refractivity contribution >= 4 is 29.6 Å². The third-order valence-electron chi connectivity index (χ3n) is 5.25. The molecular formula is C19H23ClN2O7. The number of ether oxygens (including phenoxy) is 4. The minimum absolute atomic E-state index is 0.0219. The number of amides is 2. The molecule has 29 heavy (non-hydrogen) atoms. The number of benzene rings is 1. The lowest BCUT2D eigenvalue weighted by molar-refractivity contribution is -0.145. The van der Waals surface area contributed by atoms with Gasteiger partial charge in [-0.3, -0.25) is 9.69 Å². The molecule has 0 N–H and O–H groups in total. The van der Waals surface area contributed by atoms with E-state index >= 15 is 0 Å². The van der Waals surface area contributed by atoms with Crippen LogP contribution in [-0.2, 0) is 14.3 Å². The molecule has 158 valence electrons. The van der Waals surface area contributed by atoms with E-state index in [1.54, 1.807) is 17.0 Å². The van der Waals surface area contributed by atoms with Crippen molar-refractivity contribution in [3.63, 3.8) is 0 Å². The van der Waals surface area contributed by atoms with Gasteiger partial charge in [0.1, 0.15) is 6.61 Å². The first-order chi connectivity index (χ1) is 13.9. The number of rotatable bonds is 5. The quantitative estimate of drug-likeness (QED) is 0.664. The monoisotopic (exact) mass is 426 g/mol. The average Bonchev–Trinajstić information content (AvgIpc) is 3.13. The van der Waals surface area contributed by atoms with Crippen LogP contribution in [0, 0.1) is 0 Å². The SMILES string of the molecule is COC(=O)C1COC(=O)N1C1CCN(C(=O)c2ccc(OC)c(OC)c2Cl)CC1. The Balaban J connectivity index is 1.70. The van der Waals surface area contributed by atoms with Crippen LogP contribution in [0.2, 0.25) is 5.02 Å². The van der Waals surface area contributed by atoms with Crippen LogP contribution in [0.4, 0.5) is 4.79 Å². The summed E-state index contributed by atoms with van der Waals surface area (Å²) in [6.45, 7) is 0.795. The van der Waals surface area contributed by atoms with Crippen LogP contribution in [-0.4, -0.2) is 80.9 Å². The van der Waals surface area contributed by atoms with Crippen LogP contribution < -0.4 is 9.47 Å². The molecule has 1 atom stereocenters. The van der Waals surface area contributed by atoms with Crippen LogP contribution in [0.3, 0.4) is 0 Å². The first kappa shape index (κ1) is 21.0. The number of carbonyl (C=O) groups is 3. The van der Waals surface area contributed by atoms with E-state index < -0.39 is 18.1 Å². The summed E-state index contributed by atoms with van der Waals surface area (Å²) in [4.78, 5) is 40.1. The second-order valence-corrected chi connectivity index (χ2v) is 7.09. The summed E-state index contributed by atoms with van der Waals surface area (Å²) >= 11 is 6.35. The molecule has 2 amide bonds. The molecular weight excluding hydrogens is 404 g/mol. The summed E-state index contributed by atoms with van der Waals surface area (Å²) < 4.78 is 20.2. The normalized spacial score (nSPS) is 19.7. The van der Waals surface area contributed by atoms with Gasteiger partial charge in [0.2, 0.25) is 0 Å². The number of nitrogens with zero attached hydrogens (tertiary/aromatic N) is 2. The van der Waals surface area contributed by atoms with E-state index in [2.05, 4.69) is 0 Å². The molecule has 3 rings (SSSR count). The largest absolute Gasteiger partial charge is 0.493 e. The van der Waals surface area contributed by atoms with Crippen molar-refractivity contribution in [3.8, 4) is 11.5 Å². The van der Waals surface area contributed by atoms with E-state index in [-0.39, 0.29) is 23.6 Å². The number of hydrogen-bond acceptors (Lipinski definition) is 7. The maximum Gasteiger partial charge on any atom is 0.410 e. The van der Waals surface area contributed by atoms with Gasteiger partial charge in [-0.05, 0) is 25.0 Å². The van der Waals surface area contributed by atoms with Crippen molar-refractivity contribution in [3.05, 3.63) is 22.7 Å². The Morgan fingerprint density at radius 3 is 2.41 bits per heavy atom. The maximum atomic E-state index is 13.0. The molecule has 1 aromatic rings. The Labute approximate surface area is 173 Å². The molecule has 2 aliphatic rings. The lowest BCUT2D eigenvalue weighted by Crippen LogP contribution is -2.52. The van der Waals surface area contributed by atoms with Crippen LogP contribution in [0.15, 0.2) is 12.1 Å². The highest BCUT2D eigenvalue weighted by Crippen LogP contribution is 2.38. The summed E-state index contributed by atoms with van der Waals surface area (Å²) in [5.41, 5.74) is 0.316. The van der Waals surface area contributed by atoms with Gasteiger partial charge < -0.3 is 23.8 Å². The third kappa shape index (κ3) is 3.91. The molecule has 9 nitrogen and oxygen atoms in total. The number of cyclic esters (lactones) is 1. The van der Waals surface area contributed by atoms with Gasteiger partial charge in [0.05, 0.1) is 31.9 Å². The molecule has 1 unspecified atom stereocenters. The smallest absolute Gasteiger partial charge is 0.410 e. The zero-order valence-electron chi connectivity index (χ0n) is 16.5. The van der Waals surface area contributed by atoms with Crippen LogP contribution in [0.25, 0.3) is 0 Å². The van der Waals surface area contributed by atoms with Gasteiger partial charge in [-0.1, -0.05) is 11.6 Å². The van der Waals surface area contributed by atoms with Gasteiger partial charge in [-0.25, -0.2) is 9.59 Å². The zero-order chi connectivity index (χ0) is 21.1. The standard InChI is InChI=1S/C19H23ClN2O7/c1-26-14-5-4-12(15(20)16(14)27-2)17(23)21-8-6-11(7-9-21)22-13(18(24)28-3)10-29-19(22)25/h4-5,11,13H,6-10H2,1-3H3. The number of carbonyl (C=O) groups excluding carboxylic acids is 3. The minimum Gasteiger partial charge on any atom is -0.493 e. The van der Waals surface area contributed by atoms with Crippen molar-refractivity contribution < 1.29 is 33.3 Å². The Kier molecular flexibility index (Phi) is 6.36. The Morgan fingerprint density at radius 1 is 1.14 bits per heavy atom. The number of likely N-dealkylation sites (tertiary alicyclic amines) is 1. The van der Waals surface area contributed by atoms with E-state index in [1.165, 1.54) is 26.2 Å². The lowest BCUT2D eigenvalue weighted by Gasteiger charge is -2.37.